The van der Waals surface area contributed by atoms with Gasteiger partial charge in [0.2, 0.25) is 0 Å². The molecule has 0 aliphatic rings. The highest BCUT2D eigenvalue weighted by Gasteiger charge is 2.22. The van der Waals surface area contributed by atoms with Crippen molar-refractivity contribution < 1.29 is 14.3 Å². The SMILES string of the molecule is Cn1cc(C(=O)N(Cc2ccccc2)C[C@@H](O)c2ccco2)cn1. The molecular weight excluding hydrogens is 306 g/mol. The standard InChI is InChI=1S/C18H19N3O3/c1-20-12-15(10-19-20)18(23)21(11-14-6-3-2-4-7-14)13-16(22)17-8-5-9-24-17/h2-10,12,16,22H,11,13H2,1H3/t16-/m1/s1. The highest BCUT2D eigenvalue weighted by atomic mass is 16.4. The molecule has 1 aromatic carbocycles. The lowest BCUT2D eigenvalue weighted by Crippen LogP contribution is -2.34. The number of furan rings is 1. The molecule has 0 spiro atoms. The third kappa shape index (κ3) is 3.72. The first-order valence-electron chi connectivity index (χ1n) is 7.67. The van der Waals surface area contributed by atoms with E-state index < -0.39 is 6.10 Å². The van der Waals surface area contributed by atoms with Crippen LogP contribution in [0.15, 0.2) is 65.5 Å². The molecule has 0 aliphatic heterocycles. The Morgan fingerprint density at radius 3 is 2.71 bits per heavy atom. The zero-order valence-corrected chi connectivity index (χ0v) is 13.4. The molecule has 1 N–H and O–H groups in total. The Kier molecular flexibility index (Phi) is 4.77. The molecule has 0 saturated carbocycles. The van der Waals surface area contributed by atoms with Crippen LogP contribution in [0.5, 0.6) is 0 Å². The van der Waals surface area contributed by atoms with E-state index in [2.05, 4.69) is 5.10 Å². The van der Waals surface area contributed by atoms with Crippen LogP contribution in [0, 0.1) is 0 Å². The predicted octanol–water partition coefficient (Wildman–Crippen LogP) is 2.39. The van der Waals surface area contributed by atoms with Crippen molar-refractivity contribution in [2.24, 2.45) is 7.05 Å². The fourth-order valence-electron chi connectivity index (χ4n) is 2.52. The highest BCUT2D eigenvalue weighted by Crippen LogP contribution is 2.18. The van der Waals surface area contributed by atoms with Gasteiger partial charge in [-0.25, -0.2) is 0 Å². The maximum Gasteiger partial charge on any atom is 0.257 e. The van der Waals surface area contributed by atoms with Crippen molar-refractivity contribution in [3.8, 4) is 0 Å². The number of aromatic nitrogens is 2. The van der Waals surface area contributed by atoms with Crippen LogP contribution in [-0.4, -0.2) is 32.2 Å². The van der Waals surface area contributed by atoms with Gasteiger partial charge in [-0.2, -0.15) is 5.10 Å². The van der Waals surface area contributed by atoms with Gasteiger partial charge in [-0.05, 0) is 17.7 Å². The summed E-state index contributed by atoms with van der Waals surface area (Å²) < 4.78 is 6.81. The summed E-state index contributed by atoms with van der Waals surface area (Å²) in [6.07, 6.45) is 3.81. The van der Waals surface area contributed by atoms with E-state index in [0.717, 1.165) is 5.56 Å². The van der Waals surface area contributed by atoms with Gasteiger partial charge in [-0.15, -0.1) is 0 Å². The zero-order chi connectivity index (χ0) is 16.9. The van der Waals surface area contributed by atoms with Crippen molar-refractivity contribution in [2.75, 3.05) is 6.54 Å². The molecule has 3 aromatic rings. The van der Waals surface area contributed by atoms with E-state index in [1.807, 2.05) is 30.3 Å². The molecule has 1 amide bonds. The third-order valence-electron chi connectivity index (χ3n) is 3.72. The monoisotopic (exact) mass is 325 g/mol. The molecular formula is C18H19N3O3. The number of benzene rings is 1. The number of nitrogens with zero attached hydrogens (tertiary/aromatic N) is 3. The van der Waals surface area contributed by atoms with E-state index in [9.17, 15) is 9.90 Å². The molecule has 6 heteroatoms. The van der Waals surface area contributed by atoms with Crippen molar-refractivity contribution in [3.63, 3.8) is 0 Å². The molecule has 0 fully saturated rings. The molecule has 0 aliphatic carbocycles. The molecule has 0 bridgehead atoms. The Bertz CT molecular complexity index is 781. The molecule has 0 saturated heterocycles. The Morgan fingerprint density at radius 2 is 2.08 bits per heavy atom. The lowest BCUT2D eigenvalue weighted by Gasteiger charge is -2.24. The van der Waals surface area contributed by atoms with E-state index in [1.165, 1.54) is 12.5 Å². The van der Waals surface area contributed by atoms with Gasteiger partial charge in [0.1, 0.15) is 11.9 Å². The minimum absolute atomic E-state index is 0.135. The maximum absolute atomic E-state index is 12.8. The Hall–Kier alpha value is -2.86. The van der Waals surface area contributed by atoms with Gasteiger partial charge in [-0.1, -0.05) is 30.3 Å². The topological polar surface area (TPSA) is 71.5 Å². The number of carbonyl (C=O) groups excluding carboxylic acids is 1. The lowest BCUT2D eigenvalue weighted by atomic mass is 10.1. The van der Waals surface area contributed by atoms with E-state index >= 15 is 0 Å². The largest absolute Gasteiger partial charge is 0.467 e. The summed E-state index contributed by atoms with van der Waals surface area (Å²) >= 11 is 0. The van der Waals surface area contributed by atoms with E-state index in [4.69, 9.17) is 4.42 Å². The van der Waals surface area contributed by atoms with Crippen LogP contribution >= 0.6 is 0 Å². The number of aliphatic hydroxyl groups excluding tert-OH is 1. The number of aliphatic hydroxyl groups is 1. The molecule has 24 heavy (non-hydrogen) atoms. The molecule has 1 atom stereocenters. The molecule has 6 nitrogen and oxygen atoms in total. The summed E-state index contributed by atoms with van der Waals surface area (Å²) in [5.74, 6) is 0.254. The Labute approximate surface area is 139 Å². The van der Waals surface area contributed by atoms with Gasteiger partial charge < -0.3 is 14.4 Å². The molecule has 2 heterocycles. The summed E-state index contributed by atoms with van der Waals surface area (Å²) in [6, 6.07) is 13.1. The van der Waals surface area contributed by atoms with Gasteiger partial charge in [0.25, 0.3) is 5.91 Å². The van der Waals surface area contributed by atoms with Crippen LogP contribution in [0.4, 0.5) is 0 Å². The molecule has 2 aromatic heterocycles. The van der Waals surface area contributed by atoms with Gasteiger partial charge in [0.15, 0.2) is 0 Å². The number of hydrogen-bond donors (Lipinski definition) is 1. The summed E-state index contributed by atoms with van der Waals surface area (Å²) in [5, 5.41) is 14.4. The van der Waals surface area contributed by atoms with Crippen LogP contribution in [0.1, 0.15) is 27.8 Å². The molecule has 124 valence electrons. The van der Waals surface area contributed by atoms with Crippen molar-refractivity contribution >= 4 is 5.91 Å². The fraction of sp³-hybridized carbons (Fsp3) is 0.222. The van der Waals surface area contributed by atoms with Crippen molar-refractivity contribution in [1.82, 2.24) is 14.7 Å². The van der Waals surface area contributed by atoms with Crippen LogP contribution in [0.2, 0.25) is 0 Å². The normalized spacial score (nSPS) is 12.1. The van der Waals surface area contributed by atoms with Crippen LogP contribution in [-0.2, 0) is 13.6 Å². The Morgan fingerprint density at radius 1 is 1.29 bits per heavy atom. The van der Waals surface area contributed by atoms with Gasteiger partial charge in [0, 0.05) is 19.8 Å². The van der Waals surface area contributed by atoms with Crippen LogP contribution in [0.3, 0.4) is 0 Å². The fourth-order valence-corrected chi connectivity index (χ4v) is 2.52. The Balaban J connectivity index is 1.81. The third-order valence-corrected chi connectivity index (χ3v) is 3.72. The summed E-state index contributed by atoms with van der Waals surface area (Å²) in [5.41, 5.74) is 1.47. The first-order valence-corrected chi connectivity index (χ1v) is 7.67. The molecule has 0 radical (unpaired) electrons. The van der Waals surface area contributed by atoms with Crippen molar-refractivity contribution in [1.29, 1.82) is 0 Å². The highest BCUT2D eigenvalue weighted by molar-refractivity contribution is 5.93. The molecule has 3 rings (SSSR count). The summed E-state index contributed by atoms with van der Waals surface area (Å²) in [7, 11) is 1.76. The van der Waals surface area contributed by atoms with Gasteiger partial charge in [0.05, 0.1) is 24.6 Å². The number of rotatable bonds is 6. The quantitative estimate of drug-likeness (QED) is 0.755. The minimum atomic E-state index is -0.885. The number of aryl methyl sites for hydroxylation is 1. The van der Waals surface area contributed by atoms with Gasteiger partial charge in [-0.3, -0.25) is 9.48 Å². The van der Waals surface area contributed by atoms with Crippen molar-refractivity contribution in [3.05, 3.63) is 78.0 Å². The second-order valence-corrected chi connectivity index (χ2v) is 5.61. The second kappa shape index (κ2) is 7.14. The number of amides is 1. The first-order chi connectivity index (χ1) is 11.6. The average molecular weight is 325 g/mol. The maximum atomic E-state index is 12.8. The van der Waals surface area contributed by atoms with Crippen molar-refractivity contribution in [2.45, 2.75) is 12.6 Å². The first kappa shape index (κ1) is 16.0. The van der Waals surface area contributed by atoms with Crippen LogP contribution < -0.4 is 0 Å². The predicted molar refractivity (Wildman–Crippen MR) is 88.1 cm³/mol. The number of carbonyl (C=O) groups is 1. The molecule has 0 unspecified atom stereocenters. The zero-order valence-electron chi connectivity index (χ0n) is 13.4. The summed E-state index contributed by atoms with van der Waals surface area (Å²) in [4.78, 5) is 14.4. The van der Waals surface area contributed by atoms with Crippen LogP contribution in [0.25, 0.3) is 0 Å². The summed E-state index contributed by atoms with van der Waals surface area (Å²) in [6.45, 7) is 0.530. The minimum Gasteiger partial charge on any atom is -0.467 e. The lowest BCUT2D eigenvalue weighted by molar-refractivity contribution is 0.0563. The smallest absolute Gasteiger partial charge is 0.257 e. The van der Waals surface area contributed by atoms with Gasteiger partial charge >= 0.3 is 0 Å². The van der Waals surface area contributed by atoms with E-state index in [1.54, 1.807) is 35.0 Å². The van der Waals surface area contributed by atoms with E-state index in [-0.39, 0.29) is 12.5 Å². The second-order valence-electron chi connectivity index (χ2n) is 5.61. The van der Waals surface area contributed by atoms with E-state index in [0.29, 0.717) is 17.9 Å². The average Bonchev–Trinajstić information content (AvgIpc) is 3.26. The number of hydrogen-bond acceptors (Lipinski definition) is 4.